The first-order chi connectivity index (χ1) is 9.75. The maximum absolute atomic E-state index is 12.9. The maximum Gasteiger partial charge on any atom is 0.244 e. The van der Waals surface area contributed by atoms with E-state index in [4.69, 9.17) is 11.5 Å². The van der Waals surface area contributed by atoms with Crippen LogP contribution in [0.3, 0.4) is 0 Å². The molecule has 0 saturated carbocycles. The van der Waals surface area contributed by atoms with Crippen LogP contribution < -0.4 is 11.5 Å². The van der Waals surface area contributed by atoms with Crippen molar-refractivity contribution in [3.05, 3.63) is 23.3 Å². The molecule has 1 saturated heterocycles. The van der Waals surface area contributed by atoms with Crippen LogP contribution in [0.5, 0.6) is 0 Å². The molecule has 6 nitrogen and oxygen atoms in total. The van der Waals surface area contributed by atoms with Crippen molar-refractivity contribution in [2.24, 2.45) is 5.73 Å². The summed E-state index contributed by atoms with van der Waals surface area (Å²) in [5.41, 5.74) is 13.0. The van der Waals surface area contributed by atoms with Crippen molar-refractivity contribution < 1.29 is 13.2 Å². The molecule has 4 N–H and O–H groups in total. The summed E-state index contributed by atoms with van der Waals surface area (Å²) in [5.74, 6) is -0.600. The number of hydrogen-bond donors (Lipinski definition) is 2. The van der Waals surface area contributed by atoms with Gasteiger partial charge in [0, 0.05) is 12.2 Å². The molecule has 2 rings (SSSR count). The number of nitrogens with two attached hydrogens (primary N) is 2. The van der Waals surface area contributed by atoms with Gasteiger partial charge < -0.3 is 11.5 Å². The van der Waals surface area contributed by atoms with Gasteiger partial charge in [0.25, 0.3) is 0 Å². The average Bonchev–Trinajstić information content (AvgIpc) is 2.42. The number of nitrogens with zero attached hydrogens (tertiary/aromatic N) is 1. The minimum absolute atomic E-state index is 0.160. The van der Waals surface area contributed by atoms with Gasteiger partial charge in [0.2, 0.25) is 15.9 Å². The molecule has 1 aliphatic heterocycles. The summed E-state index contributed by atoms with van der Waals surface area (Å²) in [4.78, 5) is 11.7. The van der Waals surface area contributed by atoms with Crippen molar-refractivity contribution in [1.82, 2.24) is 4.31 Å². The molecule has 0 aromatic heterocycles. The Kier molecular flexibility index (Phi) is 4.25. The highest BCUT2D eigenvalue weighted by molar-refractivity contribution is 7.89. The van der Waals surface area contributed by atoms with E-state index in [-0.39, 0.29) is 4.90 Å². The van der Waals surface area contributed by atoms with Gasteiger partial charge in [-0.3, -0.25) is 4.79 Å². The summed E-state index contributed by atoms with van der Waals surface area (Å²) >= 11 is 0. The van der Waals surface area contributed by atoms with Crippen LogP contribution in [0.1, 0.15) is 30.4 Å². The highest BCUT2D eigenvalue weighted by atomic mass is 32.2. The number of benzene rings is 1. The molecule has 1 aliphatic rings. The Balaban J connectivity index is 2.53. The number of carbonyl (C=O) groups excluding carboxylic acids is 1. The second-order valence-electron chi connectivity index (χ2n) is 5.49. The van der Waals surface area contributed by atoms with Gasteiger partial charge in [-0.1, -0.05) is 6.42 Å². The number of hydrogen-bond acceptors (Lipinski definition) is 4. The van der Waals surface area contributed by atoms with Crippen molar-refractivity contribution >= 4 is 21.6 Å². The van der Waals surface area contributed by atoms with Crippen LogP contribution in [0.2, 0.25) is 0 Å². The zero-order valence-corrected chi connectivity index (χ0v) is 13.1. The molecule has 1 heterocycles. The van der Waals surface area contributed by atoms with Crippen molar-refractivity contribution in [3.8, 4) is 0 Å². The molecule has 21 heavy (non-hydrogen) atoms. The number of nitrogen functional groups attached to an aromatic ring is 1. The Hall–Kier alpha value is -1.60. The topological polar surface area (TPSA) is 106 Å². The highest BCUT2D eigenvalue weighted by Gasteiger charge is 2.37. The van der Waals surface area contributed by atoms with Crippen LogP contribution in [-0.2, 0) is 14.8 Å². The number of carbonyl (C=O) groups is 1. The molecule has 1 fully saturated rings. The molecule has 1 unspecified atom stereocenters. The number of anilines is 1. The van der Waals surface area contributed by atoms with Gasteiger partial charge >= 0.3 is 0 Å². The summed E-state index contributed by atoms with van der Waals surface area (Å²) in [6.45, 7) is 3.86. The molecular weight excluding hydrogens is 290 g/mol. The molecule has 1 amide bonds. The smallest absolute Gasteiger partial charge is 0.244 e. The lowest BCUT2D eigenvalue weighted by Crippen LogP contribution is -2.50. The van der Waals surface area contributed by atoms with E-state index in [1.165, 1.54) is 10.4 Å². The Morgan fingerprint density at radius 3 is 2.57 bits per heavy atom. The molecule has 0 bridgehead atoms. The Morgan fingerprint density at radius 1 is 1.29 bits per heavy atom. The summed E-state index contributed by atoms with van der Waals surface area (Å²) in [6.07, 6.45) is 1.99. The summed E-state index contributed by atoms with van der Waals surface area (Å²) in [5, 5.41) is 0. The lowest BCUT2D eigenvalue weighted by molar-refractivity contribution is -0.122. The van der Waals surface area contributed by atoms with Gasteiger partial charge in [0.15, 0.2) is 0 Å². The van der Waals surface area contributed by atoms with E-state index in [0.29, 0.717) is 24.2 Å². The number of amides is 1. The Morgan fingerprint density at radius 2 is 1.95 bits per heavy atom. The lowest BCUT2D eigenvalue weighted by atomic mass is 10.0. The van der Waals surface area contributed by atoms with Crippen LogP contribution in [0, 0.1) is 13.8 Å². The molecule has 0 aliphatic carbocycles. The minimum atomic E-state index is -3.78. The molecular formula is C14H21N3O3S. The minimum Gasteiger partial charge on any atom is -0.399 e. The average molecular weight is 311 g/mol. The third-order valence-corrected chi connectivity index (χ3v) is 6.05. The second-order valence-corrected chi connectivity index (χ2v) is 7.35. The fourth-order valence-corrected chi connectivity index (χ4v) is 4.72. The van der Waals surface area contributed by atoms with Gasteiger partial charge in [0.05, 0.1) is 4.90 Å². The number of piperidine rings is 1. The van der Waals surface area contributed by atoms with Crippen molar-refractivity contribution in [3.63, 3.8) is 0 Å². The maximum atomic E-state index is 12.9. The third-order valence-electron chi connectivity index (χ3n) is 4.01. The molecule has 0 radical (unpaired) electrons. The fourth-order valence-electron chi connectivity index (χ4n) is 2.73. The highest BCUT2D eigenvalue weighted by Crippen LogP contribution is 2.29. The molecule has 1 aromatic carbocycles. The van der Waals surface area contributed by atoms with Crippen LogP contribution in [0.25, 0.3) is 0 Å². The summed E-state index contributed by atoms with van der Waals surface area (Å²) < 4.78 is 27.0. The third kappa shape index (κ3) is 2.89. The number of rotatable bonds is 3. The zero-order chi connectivity index (χ0) is 15.8. The van der Waals surface area contributed by atoms with Gasteiger partial charge in [0.1, 0.15) is 6.04 Å². The van der Waals surface area contributed by atoms with Crippen molar-refractivity contribution in [1.29, 1.82) is 0 Å². The van der Waals surface area contributed by atoms with E-state index < -0.39 is 22.0 Å². The molecule has 7 heteroatoms. The summed E-state index contributed by atoms with van der Waals surface area (Å²) in [6, 6.07) is 2.41. The van der Waals surface area contributed by atoms with Crippen molar-refractivity contribution in [2.75, 3.05) is 12.3 Å². The predicted molar refractivity (Wildman–Crippen MR) is 81.1 cm³/mol. The molecule has 1 atom stereocenters. The Labute approximate surface area is 125 Å². The van der Waals surface area contributed by atoms with Gasteiger partial charge in [-0.25, -0.2) is 8.42 Å². The van der Waals surface area contributed by atoms with E-state index in [1.54, 1.807) is 13.0 Å². The largest absolute Gasteiger partial charge is 0.399 e. The first-order valence-corrected chi connectivity index (χ1v) is 8.37. The van der Waals surface area contributed by atoms with Gasteiger partial charge in [-0.2, -0.15) is 4.31 Å². The van der Waals surface area contributed by atoms with Crippen LogP contribution in [0.4, 0.5) is 5.69 Å². The quantitative estimate of drug-likeness (QED) is 0.809. The number of aryl methyl sites for hydroxylation is 1. The van der Waals surface area contributed by atoms with E-state index in [2.05, 4.69) is 0 Å². The zero-order valence-electron chi connectivity index (χ0n) is 12.3. The van der Waals surface area contributed by atoms with E-state index >= 15 is 0 Å². The van der Waals surface area contributed by atoms with E-state index in [9.17, 15) is 13.2 Å². The first kappa shape index (κ1) is 15.8. The van der Waals surface area contributed by atoms with E-state index in [1.807, 2.05) is 6.92 Å². The van der Waals surface area contributed by atoms with Gasteiger partial charge in [-0.05, 0) is 49.9 Å². The lowest BCUT2D eigenvalue weighted by Gasteiger charge is -2.33. The molecule has 116 valence electrons. The Bertz CT molecular complexity index is 670. The monoisotopic (exact) mass is 311 g/mol. The standard InChI is InChI=1S/C14H21N3O3S/c1-9-7-11(15)8-13(10(9)2)21(19,20)17-6-4-3-5-12(17)14(16)18/h7-8,12H,3-6,15H2,1-2H3,(H2,16,18). The van der Waals surface area contributed by atoms with Crippen LogP contribution >= 0.6 is 0 Å². The molecule has 0 spiro atoms. The fraction of sp³-hybridized carbons (Fsp3) is 0.500. The first-order valence-electron chi connectivity index (χ1n) is 6.93. The normalized spacial score (nSPS) is 20.4. The summed E-state index contributed by atoms with van der Waals surface area (Å²) in [7, 11) is -3.78. The number of primary amides is 1. The van der Waals surface area contributed by atoms with E-state index in [0.717, 1.165) is 18.4 Å². The van der Waals surface area contributed by atoms with Crippen molar-refractivity contribution in [2.45, 2.75) is 44.0 Å². The SMILES string of the molecule is Cc1cc(N)cc(S(=O)(=O)N2CCCCC2C(N)=O)c1C. The second kappa shape index (κ2) is 5.65. The number of sulfonamides is 1. The molecule has 1 aromatic rings. The van der Waals surface area contributed by atoms with Crippen LogP contribution in [-0.4, -0.2) is 31.2 Å². The van der Waals surface area contributed by atoms with Gasteiger partial charge in [-0.15, -0.1) is 0 Å². The van der Waals surface area contributed by atoms with Crippen LogP contribution in [0.15, 0.2) is 17.0 Å². The predicted octanol–water partition coefficient (Wildman–Crippen LogP) is 0.914.